The fourth-order valence-corrected chi connectivity index (χ4v) is 2.68. The lowest BCUT2D eigenvalue weighted by molar-refractivity contribution is -0.134. The zero-order valence-corrected chi connectivity index (χ0v) is 12.0. The molecule has 0 saturated carbocycles. The third kappa shape index (κ3) is 2.99. The van der Waals surface area contributed by atoms with Crippen molar-refractivity contribution in [3.63, 3.8) is 0 Å². The van der Waals surface area contributed by atoms with Crippen LogP contribution in [0.1, 0.15) is 24.9 Å². The summed E-state index contributed by atoms with van der Waals surface area (Å²) in [5.74, 6) is -0.0124. The Kier molecular flexibility index (Phi) is 4.27. The van der Waals surface area contributed by atoms with E-state index in [0.717, 1.165) is 5.56 Å². The fraction of sp³-hybridized carbons (Fsp3) is 0.400. The van der Waals surface area contributed by atoms with Crippen LogP contribution < -0.4 is 5.73 Å². The summed E-state index contributed by atoms with van der Waals surface area (Å²) in [5, 5.41) is 0.688. The van der Waals surface area contributed by atoms with E-state index in [1.54, 1.807) is 4.90 Å². The maximum Gasteiger partial charge on any atom is 0.229 e. The smallest absolute Gasteiger partial charge is 0.229 e. The van der Waals surface area contributed by atoms with E-state index in [0.29, 0.717) is 11.4 Å². The molecule has 4 heteroatoms. The van der Waals surface area contributed by atoms with E-state index in [2.05, 4.69) is 0 Å². The summed E-state index contributed by atoms with van der Waals surface area (Å²) in [7, 11) is 1.81. The van der Waals surface area contributed by atoms with Crippen molar-refractivity contribution < 1.29 is 4.79 Å². The second kappa shape index (κ2) is 5.76. The fourth-order valence-electron chi connectivity index (χ4n) is 2.39. The van der Waals surface area contributed by atoms with Gasteiger partial charge in [0.2, 0.25) is 5.91 Å². The van der Waals surface area contributed by atoms with E-state index in [1.807, 2.05) is 50.4 Å². The van der Waals surface area contributed by atoms with E-state index in [4.69, 9.17) is 17.3 Å². The predicted octanol–water partition coefficient (Wildman–Crippen LogP) is 2.76. The van der Waals surface area contributed by atoms with E-state index in [1.165, 1.54) is 0 Å². The highest BCUT2D eigenvalue weighted by atomic mass is 35.5. The normalized spacial score (nSPS) is 23.4. The number of nitrogens with zero attached hydrogens (tertiary/aromatic N) is 1. The zero-order valence-electron chi connectivity index (χ0n) is 11.2. The molecule has 0 fully saturated rings. The van der Waals surface area contributed by atoms with Gasteiger partial charge in [-0.2, -0.15) is 0 Å². The first-order valence-electron chi connectivity index (χ1n) is 6.45. The van der Waals surface area contributed by atoms with Crippen LogP contribution in [0.5, 0.6) is 0 Å². The van der Waals surface area contributed by atoms with Crippen LogP contribution in [-0.2, 0) is 4.79 Å². The molecule has 0 radical (unpaired) electrons. The second-order valence-corrected chi connectivity index (χ2v) is 5.44. The number of halogens is 1. The Hall–Kier alpha value is -1.32. The van der Waals surface area contributed by atoms with Gasteiger partial charge in [0.15, 0.2) is 0 Å². The Morgan fingerprint density at radius 2 is 2.11 bits per heavy atom. The van der Waals surface area contributed by atoms with Crippen LogP contribution in [0.2, 0.25) is 5.02 Å². The topological polar surface area (TPSA) is 46.3 Å². The molecule has 2 rings (SSSR count). The lowest BCUT2D eigenvalue weighted by Gasteiger charge is -2.28. The quantitative estimate of drug-likeness (QED) is 0.864. The van der Waals surface area contributed by atoms with Gasteiger partial charge < -0.3 is 10.6 Å². The van der Waals surface area contributed by atoms with E-state index in [-0.39, 0.29) is 23.9 Å². The highest BCUT2D eigenvalue weighted by Crippen LogP contribution is 2.28. The van der Waals surface area contributed by atoms with Crippen LogP contribution in [0.15, 0.2) is 36.4 Å². The maximum atomic E-state index is 12.4. The van der Waals surface area contributed by atoms with Crippen LogP contribution in [0.4, 0.5) is 0 Å². The molecule has 1 aromatic rings. The number of hydrogen-bond donors (Lipinski definition) is 1. The molecule has 3 atom stereocenters. The van der Waals surface area contributed by atoms with E-state index < -0.39 is 0 Å². The van der Waals surface area contributed by atoms with Gasteiger partial charge in [0.25, 0.3) is 0 Å². The van der Waals surface area contributed by atoms with Gasteiger partial charge in [-0.3, -0.25) is 4.79 Å². The molecule has 3 unspecified atom stereocenters. The van der Waals surface area contributed by atoms with Crippen molar-refractivity contribution in [2.24, 2.45) is 11.7 Å². The molecular formula is C15H19ClN2O. The van der Waals surface area contributed by atoms with Crippen LogP contribution >= 0.6 is 11.6 Å². The Labute approximate surface area is 119 Å². The van der Waals surface area contributed by atoms with Crippen molar-refractivity contribution in [1.29, 1.82) is 0 Å². The summed E-state index contributed by atoms with van der Waals surface area (Å²) >= 11 is 6.18. The second-order valence-electron chi connectivity index (χ2n) is 5.04. The van der Waals surface area contributed by atoms with Crippen LogP contribution in [0, 0.1) is 5.92 Å². The van der Waals surface area contributed by atoms with E-state index in [9.17, 15) is 4.79 Å². The van der Waals surface area contributed by atoms with Gasteiger partial charge in [0.05, 0.1) is 12.0 Å². The highest BCUT2D eigenvalue weighted by Gasteiger charge is 2.28. The first-order valence-corrected chi connectivity index (χ1v) is 6.83. The van der Waals surface area contributed by atoms with Crippen molar-refractivity contribution in [3.8, 4) is 0 Å². The molecule has 19 heavy (non-hydrogen) atoms. The monoisotopic (exact) mass is 278 g/mol. The summed E-state index contributed by atoms with van der Waals surface area (Å²) < 4.78 is 0. The number of amides is 1. The van der Waals surface area contributed by atoms with Crippen molar-refractivity contribution in [1.82, 2.24) is 4.90 Å². The molecule has 1 aliphatic rings. The summed E-state index contributed by atoms with van der Waals surface area (Å²) in [4.78, 5) is 14.1. The Morgan fingerprint density at radius 1 is 1.42 bits per heavy atom. The molecule has 102 valence electrons. The molecule has 1 aliphatic carbocycles. The van der Waals surface area contributed by atoms with Gasteiger partial charge in [0, 0.05) is 18.1 Å². The Bertz CT molecular complexity index is 501. The Morgan fingerprint density at radius 3 is 2.68 bits per heavy atom. The van der Waals surface area contributed by atoms with Crippen LogP contribution in [-0.4, -0.2) is 23.9 Å². The molecule has 0 aromatic heterocycles. The van der Waals surface area contributed by atoms with E-state index >= 15 is 0 Å². The molecule has 0 spiro atoms. The largest absolute Gasteiger partial charge is 0.338 e. The minimum absolute atomic E-state index is 0.00188. The summed E-state index contributed by atoms with van der Waals surface area (Å²) in [6.45, 7) is 1.98. The average molecular weight is 279 g/mol. The first-order chi connectivity index (χ1) is 9.00. The summed E-state index contributed by atoms with van der Waals surface area (Å²) in [5.41, 5.74) is 6.76. The van der Waals surface area contributed by atoms with Gasteiger partial charge in [-0.15, -0.1) is 0 Å². The molecule has 3 nitrogen and oxygen atoms in total. The van der Waals surface area contributed by atoms with Crippen molar-refractivity contribution >= 4 is 17.5 Å². The van der Waals surface area contributed by atoms with Gasteiger partial charge in [0.1, 0.15) is 0 Å². The number of hydrogen-bond acceptors (Lipinski definition) is 2. The number of carbonyl (C=O) groups is 1. The predicted molar refractivity (Wildman–Crippen MR) is 77.9 cm³/mol. The lowest BCUT2D eigenvalue weighted by atomic mass is 10.0. The summed E-state index contributed by atoms with van der Waals surface area (Å²) in [6.07, 6.45) is 4.50. The minimum Gasteiger partial charge on any atom is -0.338 e. The lowest BCUT2D eigenvalue weighted by Crippen LogP contribution is -2.34. The third-order valence-corrected chi connectivity index (χ3v) is 4.06. The van der Waals surface area contributed by atoms with Gasteiger partial charge >= 0.3 is 0 Å². The average Bonchev–Trinajstić information content (AvgIpc) is 2.83. The number of nitrogens with two attached hydrogens (primary N) is 1. The number of benzene rings is 1. The Balaban J connectivity index is 2.11. The van der Waals surface area contributed by atoms with Crippen molar-refractivity contribution in [2.75, 3.05) is 7.05 Å². The SMILES string of the molecule is CC(c1ccccc1Cl)N(C)C(=O)C1C=CC(N)C1. The molecule has 0 heterocycles. The van der Waals surface area contributed by atoms with Gasteiger partial charge in [-0.25, -0.2) is 0 Å². The molecule has 0 aliphatic heterocycles. The van der Waals surface area contributed by atoms with Crippen molar-refractivity contribution in [3.05, 3.63) is 47.0 Å². The molecule has 0 bridgehead atoms. The van der Waals surface area contributed by atoms with Crippen LogP contribution in [0.3, 0.4) is 0 Å². The van der Waals surface area contributed by atoms with Gasteiger partial charge in [-0.1, -0.05) is 42.0 Å². The molecule has 1 amide bonds. The van der Waals surface area contributed by atoms with Crippen LogP contribution in [0.25, 0.3) is 0 Å². The first kappa shape index (κ1) is 14.1. The van der Waals surface area contributed by atoms with Crippen molar-refractivity contribution in [2.45, 2.75) is 25.4 Å². The molecular weight excluding hydrogens is 260 g/mol. The zero-order chi connectivity index (χ0) is 14.0. The molecule has 1 aromatic carbocycles. The maximum absolute atomic E-state index is 12.4. The summed E-state index contributed by atoms with van der Waals surface area (Å²) in [6, 6.07) is 7.56. The molecule has 2 N–H and O–H groups in total. The third-order valence-electron chi connectivity index (χ3n) is 3.72. The minimum atomic E-state index is -0.107. The van der Waals surface area contributed by atoms with Gasteiger partial charge in [-0.05, 0) is 25.0 Å². The number of carbonyl (C=O) groups excluding carboxylic acids is 1. The number of rotatable bonds is 3. The molecule has 0 saturated heterocycles. The highest BCUT2D eigenvalue weighted by molar-refractivity contribution is 6.31. The standard InChI is InChI=1S/C15H19ClN2O/c1-10(13-5-3-4-6-14(13)16)18(2)15(19)11-7-8-12(17)9-11/h3-8,10-12H,9,17H2,1-2H3.